The summed E-state index contributed by atoms with van der Waals surface area (Å²) in [6.45, 7) is 7.38. The standard InChI is InChI=1S/C17H30N4S.HI/c1-5-14-6-8-15(9-7-14)21-17(18-4)19-11-10-16-12(2)20-13(3)22-16;/h14-15H,5-11H2,1-4H3,(H2,18,19,21);1H. The molecule has 4 nitrogen and oxygen atoms in total. The van der Waals surface area contributed by atoms with E-state index in [1.807, 2.05) is 7.05 Å². The third kappa shape index (κ3) is 6.57. The van der Waals surface area contributed by atoms with Gasteiger partial charge in [0.2, 0.25) is 0 Å². The van der Waals surface area contributed by atoms with E-state index in [0.717, 1.165) is 29.9 Å². The molecule has 0 aromatic carbocycles. The maximum absolute atomic E-state index is 4.48. The first-order chi connectivity index (χ1) is 10.6. The van der Waals surface area contributed by atoms with Gasteiger partial charge in [-0.1, -0.05) is 13.3 Å². The third-order valence-electron chi connectivity index (χ3n) is 4.63. The highest BCUT2D eigenvalue weighted by molar-refractivity contribution is 14.0. The number of hydrogen-bond donors (Lipinski definition) is 2. The number of aromatic nitrogens is 1. The first-order valence-electron chi connectivity index (χ1n) is 8.52. The number of nitrogens with zero attached hydrogens (tertiary/aromatic N) is 2. The quantitative estimate of drug-likeness (QED) is 0.404. The molecule has 0 aliphatic heterocycles. The molecule has 1 heterocycles. The molecule has 0 amide bonds. The minimum absolute atomic E-state index is 0. The van der Waals surface area contributed by atoms with Crippen molar-refractivity contribution in [3.05, 3.63) is 15.6 Å². The zero-order valence-electron chi connectivity index (χ0n) is 14.8. The summed E-state index contributed by atoms with van der Waals surface area (Å²) in [6.07, 6.45) is 7.58. The van der Waals surface area contributed by atoms with E-state index >= 15 is 0 Å². The van der Waals surface area contributed by atoms with Crippen LogP contribution in [0.2, 0.25) is 0 Å². The number of aryl methyl sites for hydroxylation is 2. The minimum atomic E-state index is 0. The van der Waals surface area contributed by atoms with Crippen LogP contribution in [0.5, 0.6) is 0 Å². The zero-order chi connectivity index (χ0) is 15.9. The fourth-order valence-electron chi connectivity index (χ4n) is 3.20. The lowest BCUT2D eigenvalue weighted by atomic mass is 9.84. The van der Waals surface area contributed by atoms with Gasteiger partial charge in [0.1, 0.15) is 0 Å². The molecule has 6 heteroatoms. The predicted molar refractivity (Wildman–Crippen MR) is 111 cm³/mol. The molecule has 0 atom stereocenters. The van der Waals surface area contributed by atoms with Crippen molar-refractivity contribution in [2.75, 3.05) is 13.6 Å². The van der Waals surface area contributed by atoms with Crippen LogP contribution < -0.4 is 10.6 Å². The minimum Gasteiger partial charge on any atom is -0.356 e. The van der Waals surface area contributed by atoms with Crippen LogP contribution in [0.25, 0.3) is 0 Å². The van der Waals surface area contributed by atoms with Crippen LogP contribution >= 0.6 is 35.3 Å². The molecular weight excluding hydrogens is 419 g/mol. The van der Waals surface area contributed by atoms with E-state index in [2.05, 4.69) is 41.4 Å². The molecule has 1 saturated carbocycles. The first kappa shape index (κ1) is 20.7. The Morgan fingerprint density at radius 3 is 2.48 bits per heavy atom. The highest BCUT2D eigenvalue weighted by Crippen LogP contribution is 2.26. The van der Waals surface area contributed by atoms with E-state index in [9.17, 15) is 0 Å². The Kier molecular flexibility index (Phi) is 9.43. The summed E-state index contributed by atoms with van der Waals surface area (Å²) < 4.78 is 0. The molecule has 0 bridgehead atoms. The van der Waals surface area contributed by atoms with Gasteiger partial charge in [0.25, 0.3) is 0 Å². The van der Waals surface area contributed by atoms with Crippen molar-refractivity contribution in [1.29, 1.82) is 0 Å². The van der Waals surface area contributed by atoms with Crippen molar-refractivity contribution in [2.45, 2.75) is 65.3 Å². The van der Waals surface area contributed by atoms with Crippen LogP contribution in [0, 0.1) is 19.8 Å². The molecule has 0 spiro atoms. The van der Waals surface area contributed by atoms with Gasteiger partial charge in [-0.3, -0.25) is 4.99 Å². The van der Waals surface area contributed by atoms with E-state index < -0.39 is 0 Å². The molecule has 0 unspecified atom stereocenters. The zero-order valence-corrected chi connectivity index (χ0v) is 18.0. The number of rotatable bonds is 5. The lowest BCUT2D eigenvalue weighted by Gasteiger charge is -2.29. The average molecular weight is 450 g/mol. The number of halogens is 1. The van der Waals surface area contributed by atoms with Crippen LogP contribution in [-0.2, 0) is 6.42 Å². The van der Waals surface area contributed by atoms with Gasteiger partial charge in [-0.2, -0.15) is 0 Å². The number of guanidine groups is 1. The highest BCUT2D eigenvalue weighted by atomic mass is 127. The Labute approximate surface area is 162 Å². The molecule has 1 aromatic rings. The monoisotopic (exact) mass is 450 g/mol. The van der Waals surface area contributed by atoms with Gasteiger partial charge in [0.15, 0.2) is 5.96 Å². The van der Waals surface area contributed by atoms with Crippen molar-refractivity contribution >= 4 is 41.3 Å². The Morgan fingerprint density at radius 1 is 1.26 bits per heavy atom. The molecule has 23 heavy (non-hydrogen) atoms. The number of thiazole rings is 1. The first-order valence-corrected chi connectivity index (χ1v) is 9.34. The van der Waals surface area contributed by atoms with Crippen molar-refractivity contribution in [1.82, 2.24) is 15.6 Å². The molecule has 1 aliphatic rings. The smallest absolute Gasteiger partial charge is 0.191 e. The summed E-state index contributed by atoms with van der Waals surface area (Å²) in [5.41, 5.74) is 1.17. The van der Waals surface area contributed by atoms with Gasteiger partial charge < -0.3 is 10.6 Å². The summed E-state index contributed by atoms with van der Waals surface area (Å²) >= 11 is 1.80. The SMILES string of the molecule is CCC1CCC(NC(=NC)NCCc2sc(C)nc2C)CC1.I. The molecule has 0 radical (unpaired) electrons. The van der Waals surface area contributed by atoms with Gasteiger partial charge >= 0.3 is 0 Å². The fraction of sp³-hybridized carbons (Fsp3) is 0.765. The van der Waals surface area contributed by atoms with Crippen LogP contribution in [0.4, 0.5) is 0 Å². The Hall–Kier alpha value is -0.370. The van der Waals surface area contributed by atoms with E-state index in [1.54, 1.807) is 11.3 Å². The maximum atomic E-state index is 4.48. The molecule has 0 saturated heterocycles. The molecule has 2 rings (SSSR count). The van der Waals surface area contributed by atoms with Crippen molar-refractivity contribution in [3.63, 3.8) is 0 Å². The van der Waals surface area contributed by atoms with Gasteiger partial charge in [-0.05, 0) is 45.4 Å². The van der Waals surface area contributed by atoms with Gasteiger partial charge in [-0.25, -0.2) is 4.98 Å². The van der Waals surface area contributed by atoms with Gasteiger partial charge in [-0.15, -0.1) is 35.3 Å². The summed E-state index contributed by atoms with van der Waals surface area (Å²) in [7, 11) is 1.86. The Balaban J connectivity index is 0.00000264. The molecule has 1 aliphatic carbocycles. The summed E-state index contributed by atoms with van der Waals surface area (Å²) in [4.78, 5) is 10.2. The molecule has 1 fully saturated rings. The van der Waals surface area contributed by atoms with E-state index in [0.29, 0.717) is 6.04 Å². The maximum Gasteiger partial charge on any atom is 0.191 e. The Morgan fingerprint density at radius 2 is 1.96 bits per heavy atom. The largest absolute Gasteiger partial charge is 0.356 e. The van der Waals surface area contributed by atoms with Crippen molar-refractivity contribution in [2.24, 2.45) is 10.9 Å². The third-order valence-corrected chi connectivity index (χ3v) is 5.77. The van der Waals surface area contributed by atoms with E-state index in [4.69, 9.17) is 0 Å². The van der Waals surface area contributed by atoms with Crippen molar-refractivity contribution in [3.8, 4) is 0 Å². The molecular formula is C17H31IN4S. The molecule has 2 N–H and O–H groups in total. The molecule has 1 aromatic heterocycles. The second-order valence-electron chi connectivity index (χ2n) is 6.26. The second kappa shape index (κ2) is 10.5. The van der Waals surface area contributed by atoms with Crippen LogP contribution in [0.1, 0.15) is 54.6 Å². The van der Waals surface area contributed by atoms with Crippen molar-refractivity contribution < 1.29 is 0 Å². The lowest BCUT2D eigenvalue weighted by Crippen LogP contribution is -2.45. The predicted octanol–water partition coefficient (Wildman–Crippen LogP) is 4.05. The number of nitrogens with one attached hydrogen (secondary N) is 2. The topological polar surface area (TPSA) is 49.3 Å². The lowest BCUT2D eigenvalue weighted by molar-refractivity contribution is 0.304. The normalized spacial score (nSPS) is 21.7. The molecule has 132 valence electrons. The van der Waals surface area contributed by atoms with Crippen LogP contribution in [-0.4, -0.2) is 30.6 Å². The average Bonchev–Trinajstić information content (AvgIpc) is 2.84. The summed E-state index contributed by atoms with van der Waals surface area (Å²) in [5.74, 6) is 1.88. The fourth-order valence-corrected chi connectivity index (χ4v) is 4.14. The number of hydrogen-bond acceptors (Lipinski definition) is 3. The van der Waals surface area contributed by atoms with Gasteiger partial charge in [0.05, 0.1) is 10.7 Å². The van der Waals surface area contributed by atoms with Gasteiger partial charge in [0, 0.05) is 30.9 Å². The summed E-state index contributed by atoms with van der Waals surface area (Å²) in [5, 5.41) is 8.18. The van der Waals surface area contributed by atoms with E-state index in [-0.39, 0.29) is 24.0 Å². The van der Waals surface area contributed by atoms with Crippen LogP contribution in [0.15, 0.2) is 4.99 Å². The second-order valence-corrected chi connectivity index (χ2v) is 7.55. The Bertz CT molecular complexity index is 493. The summed E-state index contributed by atoms with van der Waals surface area (Å²) in [6, 6.07) is 0.585. The number of aliphatic imine (C=N–C) groups is 1. The van der Waals surface area contributed by atoms with E-state index in [1.165, 1.54) is 42.7 Å². The van der Waals surface area contributed by atoms with Crippen LogP contribution in [0.3, 0.4) is 0 Å². The highest BCUT2D eigenvalue weighted by Gasteiger charge is 2.20.